The number of methoxy groups -OCH3 is 1. The van der Waals surface area contributed by atoms with Crippen molar-refractivity contribution in [2.75, 3.05) is 17.8 Å². The number of rotatable bonds is 8. The smallest absolute Gasteiger partial charge is 0.228 e. The van der Waals surface area contributed by atoms with E-state index in [1.54, 1.807) is 36.3 Å². The van der Waals surface area contributed by atoms with Crippen LogP contribution in [0.25, 0.3) is 0 Å². The van der Waals surface area contributed by atoms with E-state index in [4.69, 9.17) is 4.74 Å². The lowest BCUT2D eigenvalue weighted by Crippen LogP contribution is -2.32. The van der Waals surface area contributed by atoms with Gasteiger partial charge in [0, 0.05) is 18.0 Å². The Balaban J connectivity index is 1.61. The maximum atomic E-state index is 12.3. The van der Waals surface area contributed by atoms with Crippen molar-refractivity contribution in [2.45, 2.75) is 36.6 Å². The molecule has 25 heavy (non-hydrogen) atoms. The first-order chi connectivity index (χ1) is 12.1. The third-order valence-corrected chi connectivity index (χ3v) is 5.88. The SMILES string of the molecule is CCC(=O)N(c1nnc(SCC(=O)c2ccc(OC)cc2)s1)C1CC1. The average Bonchev–Trinajstić information content (AvgIpc) is 3.37. The number of ketones is 1. The number of anilines is 1. The second kappa shape index (κ2) is 7.97. The number of amides is 1. The van der Waals surface area contributed by atoms with Gasteiger partial charge in [0.1, 0.15) is 5.75 Å². The average molecular weight is 377 g/mol. The molecule has 1 aliphatic rings. The molecule has 0 aliphatic heterocycles. The Morgan fingerprint density at radius 3 is 2.60 bits per heavy atom. The van der Waals surface area contributed by atoms with Crippen LogP contribution in [-0.2, 0) is 4.79 Å². The molecule has 8 heteroatoms. The summed E-state index contributed by atoms with van der Waals surface area (Å²) in [6.07, 6.45) is 2.49. The Labute approximate surface area is 154 Å². The Kier molecular flexibility index (Phi) is 5.70. The summed E-state index contributed by atoms with van der Waals surface area (Å²) in [5.41, 5.74) is 0.638. The highest BCUT2D eigenvalue weighted by molar-refractivity contribution is 8.01. The molecule has 1 heterocycles. The Morgan fingerprint density at radius 2 is 2.00 bits per heavy atom. The summed E-state index contributed by atoms with van der Waals surface area (Å²) in [5, 5.41) is 8.90. The van der Waals surface area contributed by atoms with Gasteiger partial charge in [-0.2, -0.15) is 0 Å². The van der Waals surface area contributed by atoms with Crippen molar-refractivity contribution in [2.24, 2.45) is 0 Å². The second-order valence-corrected chi connectivity index (χ2v) is 7.82. The van der Waals surface area contributed by atoms with Crippen LogP contribution in [0.2, 0.25) is 0 Å². The molecule has 1 fully saturated rings. The monoisotopic (exact) mass is 377 g/mol. The van der Waals surface area contributed by atoms with E-state index in [2.05, 4.69) is 10.2 Å². The van der Waals surface area contributed by atoms with Crippen LogP contribution in [0.1, 0.15) is 36.5 Å². The number of carbonyl (C=O) groups excluding carboxylic acids is 2. The number of aromatic nitrogens is 2. The lowest BCUT2D eigenvalue weighted by atomic mass is 10.1. The number of nitrogens with zero attached hydrogens (tertiary/aromatic N) is 3. The lowest BCUT2D eigenvalue weighted by Gasteiger charge is -2.17. The van der Waals surface area contributed by atoms with Gasteiger partial charge in [-0.3, -0.25) is 14.5 Å². The van der Waals surface area contributed by atoms with Gasteiger partial charge in [-0.15, -0.1) is 10.2 Å². The predicted molar refractivity (Wildman–Crippen MR) is 98.8 cm³/mol. The number of thioether (sulfide) groups is 1. The van der Waals surface area contributed by atoms with Crippen molar-refractivity contribution in [1.29, 1.82) is 0 Å². The van der Waals surface area contributed by atoms with E-state index in [0.717, 1.165) is 18.6 Å². The molecule has 0 N–H and O–H groups in total. The fourth-order valence-electron chi connectivity index (χ4n) is 2.32. The fraction of sp³-hybridized carbons (Fsp3) is 0.412. The summed E-state index contributed by atoms with van der Waals surface area (Å²) < 4.78 is 5.79. The molecule has 1 aromatic carbocycles. The minimum atomic E-state index is 0.0214. The van der Waals surface area contributed by atoms with Gasteiger partial charge in [-0.1, -0.05) is 30.0 Å². The maximum Gasteiger partial charge on any atom is 0.228 e. The molecule has 2 aromatic rings. The van der Waals surface area contributed by atoms with E-state index in [0.29, 0.717) is 21.5 Å². The Morgan fingerprint density at radius 1 is 1.28 bits per heavy atom. The first-order valence-corrected chi connectivity index (χ1v) is 9.88. The number of benzene rings is 1. The van der Waals surface area contributed by atoms with Crippen molar-refractivity contribution in [3.8, 4) is 5.75 Å². The summed E-state index contributed by atoms with van der Waals surface area (Å²) in [6, 6.07) is 7.30. The van der Waals surface area contributed by atoms with E-state index in [9.17, 15) is 9.59 Å². The molecular formula is C17H19N3O3S2. The zero-order valence-electron chi connectivity index (χ0n) is 14.1. The highest BCUT2D eigenvalue weighted by Crippen LogP contribution is 2.36. The number of hydrogen-bond donors (Lipinski definition) is 0. The van der Waals surface area contributed by atoms with Crippen LogP contribution in [-0.4, -0.2) is 40.8 Å². The van der Waals surface area contributed by atoms with Gasteiger partial charge in [-0.05, 0) is 37.1 Å². The van der Waals surface area contributed by atoms with Gasteiger partial charge in [0.2, 0.25) is 11.0 Å². The van der Waals surface area contributed by atoms with Crippen molar-refractivity contribution >= 4 is 39.9 Å². The quantitative estimate of drug-likeness (QED) is 0.399. The van der Waals surface area contributed by atoms with Crippen molar-refractivity contribution in [3.05, 3.63) is 29.8 Å². The van der Waals surface area contributed by atoms with Crippen LogP contribution in [0, 0.1) is 0 Å². The Bertz CT molecular complexity index is 757. The van der Waals surface area contributed by atoms with Gasteiger partial charge in [0.25, 0.3) is 0 Å². The zero-order valence-corrected chi connectivity index (χ0v) is 15.7. The standard InChI is InChI=1S/C17H19N3O3S2/c1-3-15(22)20(12-6-7-12)16-18-19-17(25-16)24-10-14(21)11-4-8-13(23-2)9-5-11/h4-5,8-9,12H,3,6-7,10H2,1-2H3. The normalized spacial score (nSPS) is 13.5. The first kappa shape index (κ1) is 17.9. The summed E-state index contributed by atoms with van der Waals surface area (Å²) in [5.74, 6) is 1.10. The van der Waals surface area contributed by atoms with Crippen LogP contribution < -0.4 is 9.64 Å². The fourth-order valence-corrected chi connectivity index (χ4v) is 4.14. The van der Waals surface area contributed by atoms with Crippen LogP contribution >= 0.6 is 23.1 Å². The molecule has 3 rings (SSSR count). The predicted octanol–water partition coefficient (Wildman–Crippen LogP) is 3.43. The van der Waals surface area contributed by atoms with E-state index in [-0.39, 0.29) is 23.5 Å². The minimum absolute atomic E-state index is 0.0214. The largest absolute Gasteiger partial charge is 0.497 e. The summed E-state index contributed by atoms with van der Waals surface area (Å²) >= 11 is 2.72. The number of ether oxygens (including phenoxy) is 1. The van der Waals surface area contributed by atoms with Gasteiger partial charge in [0.15, 0.2) is 10.1 Å². The van der Waals surface area contributed by atoms with Crippen LogP contribution in [0.4, 0.5) is 5.13 Å². The van der Waals surface area contributed by atoms with E-state index in [1.165, 1.54) is 23.1 Å². The maximum absolute atomic E-state index is 12.3. The number of carbonyl (C=O) groups is 2. The molecule has 1 amide bonds. The summed E-state index contributed by atoms with van der Waals surface area (Å²) in [6.45, 7) is 1.85. The zero-order chi connectivity index (χ0) is 17.8. The molecule has 1 aromatic heterocycles. The van der Waals surface area contributed by atoms with E-state index < -0.39 is 0 Å². The molecular weight excluding hydrogens is 358 g/mol. The molecule has 1 aliphatic carbocycles. The first-order valence-electron chi connectivity index (χ1n) is 8.08. The van der Waals surface area contributed by atoms with Crippen LogP contribution in [0.15, 0.2) is 28.6 Å². The molecule has 6 nitrogen and oxygen atoms in total. The van der Waals surface area contributed by atoms with Crippen LogP contribution in [0.5, 0.6) is 5.75 Å². The second-order valence-electron chi connectivity index (χ2n) is 5.64. The van der Waals surface area contributed by atoms with Crippen LogP contribution in [0.3, 0.4) is 0 Å². The van der Waals surface area contributed by atoms with Crippen molar-refractivity contribution in [3.63, 3.8) is 0 Å². The topological polar surface area (TPSA) is 72.4 Å². The van der Waals surface area contributed by atoms with E-state index >= 15 is 0 Å². The molecule has 0 bridgehead atoms. The number of Topliss-reactive ketones (excluding diaryl/α,β-unsaturated/α-hetero) is 1. The molecule has 0 unspecified atom stereocenters. The third kappa shape index (κ3) is 4.38. The van der Waals surface area contributed by atoms with Crippen molar-refractivity contribution < 1.29 is 14.3 Å². The van der Waals surface area contributed by atoms with Crippen molar-refractivity contribution in [1.82, 2.24) is 10.2 Å². The molecule has 0 saturated heterocycles. The summed E-state index contributed by atoms with van der Waals surface area (Å²) in [7, 11) is 1.59. The van der Waals surface area contributed by atoms with Gasteiger partial charge >= 0.3 is 0 Å². The molecule has 0 spiro atoms. The lowest BCUT2D eigenvalue weighted by molar-refractivity contribution is -0.118. The highest BCUT2D eigenvalue weighted by Gasteiger charge is 2.35. The van der Waals surface area contributed by atoms with Gasteiger partial charge in [0.05, 0.1) is 12.9 Å². The van der Waals surface area contributed by atoms with Gasteiger partial charge in [-0.25, -0.2) is 0 Å². The molecule has 132 valence electrons. The van der Waals surface area contributed by atoms with Gasteiger partial charge < -0.3 is 4.74 Å². The Hall–Kier alpha value is -1.93. The minimum Gasteiger partial charge on any atom is -0.497 e. The summed E-state index contributed by atoms with van der Waals surface area (Å²) in [4.78, 5) is 26.1. The number of hydrogen-bond acceptors (Lipinski definition) is 7. The molecule has 0 radical (unpaired) electrons. The highest BCUT2D eigenvalue weighted by atomic mass is 32.2. The molecule has 1 saturated carbocycles. The molecule has 0 atom stereocenters. The third-order valence-electron chi connectivity index (χ3n) is 3.82. The van der Waals surface area contributed by atoms with E-state index in [1.807, 2.05) is 6.92 Å².